The van der Waals surface area contributed by atoms with Gasteiger partial charge in [0.1, 0.15) is 0 Å². The molecule has 144 valence electrons. The lowest BCUT2D eigenvalue weighted by molar-refractivity contribution is 0.0696. The highest BCUT2D eigenvalue weighted by molar-refractivity contribution is 5.95. The smallest absolute Gasteiger partial charge is 0.254 e. The Morgan fingerprint density at radius 2 is 1.61 bits per heavy atom. The molecule has 1 aliphatic rings. The van der Waals surface area contributed by atoms with Crippen LogP contribution >= 0.6 is 0 Å². The van der Waals surface area contributed by atoms with E-state index in [-0.39, 0.29) is 11.9 Å². The average molecular weight is 375 g/mol. The molecule has 0 bridgehead atoms. The molecule has 1 amide bonds. The van der Waals surface area contributed by atoms with Crippen molar-refractivity contribution in [3.63, 3.8) is 0 Å². The van der Waals surface area contributed by atoms with Crippen LogP contribution in [0.2, 0.25) is 0 Å². The molecule has 0 N–H and O–H groups in total. The van der Waals surface area contributed by atoms with Gasteiger partial charge < -0.3 is 14.3 Å². The number of hydrogen-bond acceptors (Lipinski definition) is 4. The van der Waals surface area contributed by atoms with Gasteiger partial charge in [-0.05, 0) is 50.2 Å². The van der Waals surface area contributed by atoms with Crippen LogP contribution in [0.15, 0.2) is 65.3 Å². The first kappa shape index (κ1) is 18.4. The maximum absolute atomic E-state index is 13.0. The largest absolute Gasteiger partial charge is 0.356 e. The first-order valence-corrected chi connectivity index (χ1v) is 9.73. The summed E-state index contributed by atoms with van der Waals surface area (Å²) in [6.45, 7) is 4.90. The van der Waals surface area contributed by atoms with Crippen LogP contribution in [0.25, 0.3) is 22.5 Å². The van der Waals surface area contributed by atoms with Gasteiger partial charge >= 0.3 is 0 Å². The molecule has 1 fully saturated rings. The summed E-state index contributed by atoms with van der Waals surface area (Å²) < 4.78 is 5.19. The van der Waals surface area contributed by atoms with Gasteiger partial charge in [0.05, 0.1) is 6.20 Å². The van der Waals surface area contributed by atoms with Crippen LogP contribution in [0.5, 0.6) is 0 Å². The highest BCUT2D eigenvalue weighted by atomic mass is 16.5. The fourth-order valence-corrected chi connectivity index (χ4v) is 3.84. The van der Waals surface area contributed by atoms with Gasteiger partial charge in [0.2, 0.25) is 0 Å². The standard InChI is InChI=1S/C23H25N3O2/c1-17-16-25(2)14-3-15-26(17)23(27)21-10-6-19(7-11-21)18-4-8-20(9-5-18)22-12-13-24-28-22/h4-13,17H,3,14-16H2,1-2H3/t17-/m0/s1. The summed E-state index contributed by atoms with van der Waals surface area (Å²) in [7, 11) is 2.12. The minimum atomic E-state index is 0.120. The highest BCUT2D eigenvalue weighted by Gasteiger charge is 2.24. The van der Waals surface area contributed by atoms with Crippen LogP contribution < -0.4 is 0 Å². The lowest BCUT2D eigenvalue weighted by atomic mass is 10.0. The van der Waals surface area contributed by atoms with Crippen LogP contribution in [0.3, 0.4) is 0 Å². The van der Waals surface area contributed by atoms with Crippen LogP contribution in [0, 0.1) is 0 Å². The Kier molecular flexibility index (Phi) is 5.26. The number of amides is 1. The van der Waals surface area contributed by atoms with E-state index in [0.717, 1.165) is 54.1 Å². The second-order valence-electron chi connectivity index (χ2n) is 7.49. The molecule has 0 aliphatic carbocycles. The van der Waals surface area contributed by atoms with Gasteiger partial charge in [0.25, 0.3) is 5.91 Å². The predicted octanol–water partition coefficient (Wildman–Crippen LogP) is 4.17. The van der Waals surface area contributed by atoms with E-state index >= 15 is 0 Å². The molecule has 3 aromatic rings. The molecule has 0 spiro atoms. The van der Waals surface area contributed by atoms with Gasteiger partial charge in [-0.25, -0.2) is 0 Å². The molecular formula is C23H25N3O2. The molecule has 5 nitrogen and oxygen atoms in total. The van der Waals surface area contributed by atoms with Crippen LogP contribution in [0.1, 0.15) is 23.7 Å². The molecule has 1 aromatic heterocycles. The number of carbonyl (C=O) groups is 1. The molecule has 5 heteroatoms. The van der Waals surface area contributed by atoms with Crippen molar-refractivity contribution in [1.29, 1.82) is 0 Å². The number of carbonyl (C=O) groups excluding carboxylic acids is 1. The minimum Gasteiger partial charge on any atom is -0.356 e. The van der Waals surface area contributed by atoms with Crippen molar-refractivity contribution in [2.24, 2.45) is 0 Å². The Bertz CT molecular complexity index is 917. The van der Waals surface area contributed by atoms with E-state index in [2.05, 4.69) is 36.2 Å². The van der Waals surface area contributed by atoms with E-state index in [1.165, 1.54) is 0 Å². The predicted molar refractivity (Wildman–Crippen MR) is 110 cm³/mol. The Labute approximate surface area is 165 Å². The molecule has 1 aliphatic heterocycles. The zero-order valence-corrected chi connectivity index (χ0v) is 16.3. The summed E-state index contributed by atoms with van der Waals surface area (Å²) in [4.78, 5) is 17.3. The monoisotopic (exact) mass is 375 g/mol. The SMILES string of the molecule is C[C@H]1CN(C)CCCN1C(=O)c1ccc(-c2ccc(-c3ccno3)cc2)cc1. The Morgan fingerprint density at radius 3 is 2.25 bits per heavy atom. The molecule has 2 heterocycles. The molecule has 1 atom stereocenters. The second-order valence-corrected chi connectivity index (χ2v) is 7.49. The van der Waals surface area contributed by atoms with Gasteiger partial charge in [-0.2, -0.15) is 0 Å². The van der Waals surface area contributed by atoms with Crippen molar-refractivity contribution in [2.45, 2.75) is 19.4 Å². The van der Waals surface area contributed by atoms with Gasteiger partial charge in [-0.1, -0.05) is 41.6 Å². The number of nitrogens with zero attached hydrogens (tertiary/aromatic N) is 3. The summed E-state index contributed by atoms with van der Waals surface area (Å²) in [5.74, 6) is 0.875. The minimum absolute atomic E-state index is 0.120. The van der Waals surface area contributed by atoms with Gasteiger partial charge in [0, 0.05) is 36.3 Å². The highest BCUT2D eigenvalue weighted by Crippen LogP contribution is 2.25. The normalized spacial score (nSPS) is 18.1. The third-order valence-electron chi connectivity index (χ3n) is 5.38. The summed E-state index contributed by atoms with van der Waals surface area (Å²) in [5.41, 5.74) is 3.93. The molecule has 0 saturated carbocycles. The molecule has 4 rings (SSSR count). The van der Waals surface area contributed by atoms with E-state index in [0.29, 0.717) is 0 Å². The van der Waals surface area contributed by atoms with E-state index in [9.17, 15) is 4.79 Å². The van der Waals surface area contributed by atoms with Crippen LogP contribution in [-0.4, -0.2) is 53.6 Å². The Morgan fingerprint density at radius 1 is 0.964 bits per heavy atom. The van der Waals surface area contributed by atoms with Gasteiger partial charge in [-0.15, -0.1) is 0 Å². The third-order valence-corrected chi connectivity index (χ3v) is 5.38. The van der Waals surface area contributed by atoms with Crippen molar-refractivity contribution in [2.75, 3.05) is 26.7 Å². The van der Waals surface area contributed by atoms with Crippen molar-refractivity contribution >= 4 is 5.91 Å². The fourth-order valence-electron chi connectivity index (χ4n) is 3.84. The summed E-state index contributed by atoms with van der Waals surface area (Å²) in [5, 5.41) is 3.75. The van der Waals surface area contributed by atoms with E-state index < -0.39 is 0 Å². The van der Waals surface area contributed by atoms with Crippen molar-refractivity contribution < 1.29 is 9.32 Å². The lowest BCUT2D eigenvalue weighted by Crippen LogP contribution is -2.41. The van der Waals surface area contributed by atoms with Crippen molar-refractivity contribution in [1.82, 2.24) is 15.0 Å². The molecular weight excluding hydrogens is 350 g/mol. The van der Waals surface area contributed by atoms with Crippen molar-refractivity contribution in [3.8, 4) is 22.5 Å². The van der Waals surface area contributed by atoms with Crippen LogP contribution in [0.4, 0.5) is 0 Å². The number of rotatable bonds is 3. The first-order chi connectivity index (χ1) is 13.6. The second kappa shape index (κ2) is 7.98. The topological polar surface area (TPSA) is 49.6 Å². The van der Waals surface area contributed by atoms with E-state index in [1.54, 1.807) is 6.20 Å². The Hall–Kier alpha value is -2.92. The van der Waals surface area contributed by atoms with Crippen LogP contribution in [-0.2, 0) is 0 Å². The van der Waals surface area contributed by atoms with Gasteiger partial charge in [0.15, 0.2) is 5.76 Å². The van der Waals surface area contributed by atoms with E-state index in [1.807, 2.05) is 47.4 Å². The molecule has 28 heavy (non-hydrogen) atoms. The van der Waals surface area contributed by atoms with Crippen molar-refractivity contribution in [3.05, 3.63) is 66.4 Å². The third kappa shape index (κ3) is 3.85. The zero-order valence-electron chi connectivity index (χ0n) is 16.3. The number of aromatic nitrogens is 1. The molecule has 0 radical (unpaired) electrons. The number of hydrogen-bond donors (Lipinski definition) is 0. The summed E-state index contributed by atoms with van der Waals surface area (Å²) >= 11 is 0. The lowest BCUT2D eigenvalue weighted by Gasteiger charge is -2.28. The summed E-state index contributed by atoms with van der Waals surface area (Å²) in [6.07, 6.45) is 2.66. The van der Waals surface area contributed by atoms with Gasteiger partial charge in [-0.3, -0.25) is 4.79 Å². The molecule has 0 unspecified atom stereocenters. The quantitative estimate of drug-likeness (QED) is 0.689. The summed E-state index contributed by atoms with van der Waals surface area (Å²) in [6, 6.07) is 18.1. The Balaban J connectivity index is 1.50. The first-order valence-electron chi connectivity index (χ1n) is 9.73. The number of benzene rings is 2. The average Bonchev–Trinajstić information content (AvgIpc) is 3.20. The molecule has 2 aromatic carbocycles. The fraction of sp³-hybridized carbons (Fsp3) is 0.304. The molecule has 1 saturated heterocycles. The zero-order chi connectivity index (χ0) is 19.5. The maximum Gasteiger partial charge on any atom is 0.254 e. The maximum atomic E-state index is 13.0. The van der Waals surface area contributed by atoms with E-state index in [4.69, 9.17) is 4.52 Å². The number of likely N-dealkylation sites (N-methyl/N-ethyl adjacent to an activating group) is 1.